The van der Waals surface area contributed by atoms with Crippen molar-refractivity contribution >= 4 is 0 Å². The Morgan fingerprint density at radius 2 is 2.29 bits per heavy atom. The van der Waals surface area contributed by atoms with Gasteiger partial charge in [-0.05, 0) is 31.6 Å². The second-order valence-corrected chi connectivity index (χ2v) is 4.46. The normalized spacial score (nSPS) is 20.4. The summed E-state index contributed by atoms with van der Waals surface area (Å²) in [6, 6.07) is 0.779. The third-order valence-electron chi connectivity index (χ3n) is 2.89. The van der Waals surface area contributed by atoms with E-state index in [2.05, 4.69) is 24.9 Å². The van der Waals surface area contributed by atoms with Gasteiger partial charge in [0.1, 0.15) is 0 Å². The average Bonchev–Trinajstić information content (AvgIpc) is 2.99. The van der Waals surface area contributed by atoms with E-state index in [9.17, 15) is 0 Å². The Bertz CT molecular complexity index is 177. The molecular weight excluding hydrogens is 174 g/mol. The fourth-order valence-electron chi connectivity index (χ4n) is 1.38. The topological polar surface area (TPSA) is 21.3 Å². The molecule has 1 rings (SSSR count). The van der Waals surface area contributed by atoms with Crippen molar-refractivity contribution in [3.63, 3.8) is 0 Å². The molecule has 0 spiro atoms. The molecule has 0 aromatic heterocycles. The lowest BCUT2D eigenvalue weighted by atomic mass is 9.87. The molecule has 0 radical (unpaired) electrons. The van der Waals surface area contributed by atoms with Gasteiger partial charge < -0.3 is 10.1 Å². The molecule has 0 aromatic carbocycles. The maximum absolute atomic E-state index is 5.38. The lowest BCUT2D eigenvalue weighted by molar-refractivity contribution is 0.121. The molecule has 1 unspecified atom stereocenters. The molecule has 2 heteroatoms. The van der Waals surface area contributed by atoms with E-state index in [-0.39, 0.29) is 5.41 Å². The van der Waals surface area contributed by atoms with Gasteiger partial charge in [-0.25, -0.2) is 0 Å². The van der Waals surface area contributed by atoms with Gasteiger partial charge in [-0.1, -0.05) is 13.0 Å². The molecule has 14 heavy (non-hydrogen) atoms. The van der Waals surface area contributed by atoms with Crippen LogP contribution in [0.15, 0.2) is 12.7 Å². The first-order chi connectivity index (χ1) is 6.70. The minimum atomic E-state index is 0.192. The maximum atomic E-state index is 5.38. The quantitative estimate of drug-likeness (QED) is 0.476. The van der Waals surface area contributed by atoms with Crippen molar-refractivity contribution in [1.29, 1.82) is 0 Å². The number of hydrogen-bond acceptors (Lipinski definition) is 2. The summed E-state index contributed by atoms with van der Waals surface area (Å²) in [6.07, 6.45) is 5.81. The monoisotopic (exact) mass is 197 g/mol. The predicted molar refractivity (Wildman–Crippen MR) is 60.4 cm³/mol. The molecule has 0 bridgehead atoms. The fourth-order valence-corrected chi connectivity index (χ4v) is 1.38. The van der Waals surface area contributed by atoms with Crippen LogP contribution in [0.2, 0.25) is 0 Å². The molecule has 1 atom stereocenters. The number of hydrogen-bond donors (Lipinski definition) is 1. The molecule has 0 saturated heterocycles. The molecule has 1 fully saturated rings. The Labute approximate surface area is 87.7 Å². The van der Waals surface area contributed by atoms with E-state index in [1.807, 2.05) is 6.92 Å². The number of nitrogens with one attached hydrogen (secondary N) is 1. The Morgan fingerprint density at radius 1 is 1.57 bits per heavy atom. The summed E-state index contributed by atoms with van der Waals surface area (Å²) >= 11 is 0. The summed E-state index contributed by atoms with van der Waals surface area (Å²) < 4.78 is 5.38. The molecule has 1 aliphatic rings. The van der Waals surface area contributed by atoms with Crippen molar-refractivity contribution in [3.05, 3.63) is 12.7 Å². The van der Waals surface area contributed by atoms with Crippen molar-refractivity contribution < 1.29 is 4.74 Å². The van der Waals surface area contributed by atoms with Gasteiger partial charge >= 0.3 is 0 Å². The molecule has 0 aliphatic heterocycles. The van der Waals surface area contributed by atoms with Gasteiger partial charge in [-0.15, -0.1) is 6.58 Å². The van der Waals surface area contributed by atoms with E-state index in [4.69, 9.17) is 4.74 Å². The van der Waals surface area contributed by atoms with Crippen molar-refractivity contribution in [2.45, 2.75) is 39.2 Å². The smallest absolute Gasteiger partial charge is 0.0474 e. The zero-order valence-corrected chi connectivity index (χ0v) is 9.51. The second kappa shape index (κ2) is 5.52. The lowest BCUT2D eigenvalue weighted by Crippen LogP contribution is -2.32. The van der Waals surface area contributed by atoms with E-state index >= 15 is 0 Å². The van der Waals surface area contributed by atoms with Crippen LogP contribution < -0.4 is 5.32 Å². The first-order valence-corrected chi connectivity index (χ1v) is 5.65. The first kappa shape index (κ1) is 11.7. The summed E-state index contributed by atoms with van der Waals surface area (Å²) in [4.78, 5) is 0. The van der Waals surface area contributed by atoms with Crippen molar-refractivity contribution in [2.24, 2.45) is 5.41 Å². The Kier molecular flexibility index (Phi) is 4.63. The molecule has 0 aromatic rings. The SMILES string of the molecule is C=CC(C)(CCOCC)CNC1CC1. The van der Waals surface area contributed by atoms with E-state index in [1.165, 1.54) is 12.8 Å². The zero-order chi connectivity index (χ0) is 10.4. The van der Waals surface area contributed by atoms with Gasteiger partial charge in [-0.2, -0.15) is 0 Å². The van der Waals surface area contributed by atoms with Crippen LogP contribution in [0, 0.1) is 5.41 Å². The Balaban J connectivity index is 2.19. The minimum absolute atomic E-state index is 0.192. The van der Waals surface area contributed by atoms with Gasteiger partial charge in [-0.3, -0.25) is 0 Å². The summed E-state index contributed by atoms with van der Waals surface area (Å²) in [7, 11) is 0. The lowest BCUT2D eigenvalue weighted by Gasteiger charge is -2.26. The number of rotatable bonds is 8. The van der Waals surface area contributed by atoms with E-state index in [1.54, 1.807) is 0 Å². The predicted octanol–water partition coefficient (Wildman–Crippen LogP) is 2.36. The second-order valence-electron chi connectivity index (χ2n) is 4.46. The van der Waals surface area contributed by atoms with Crippen LogP contribution in [0.1, 0.15) is 33.1 Å². The third kappa shape index (κ3) is 4.25. The third-order valence-corrected chi connectivity index (χ3v) is 2.89. The molecule has 1 saturated carbocycles. The maximum Gasteiger partial charge on any atom is 0.0474 e. The largest absolute Gasteiger partial charge is 0.382 e. The summed E-state index contributed by atoms with van der Waals surface area (Å²) in [5.74, 6) is 0. The van der Waals surface area contributed by atoms with Crippen LogP contribution in [0.4, 0.5) is 0 Å². The van der Waals surface area contributed by atoms with Gasteiger partial charge in [0.05, 0.1) is 0 Å². The summed E-state index contributed by atoms with van der Waals surface area (Å²) in [5, 5.41) is 3.55. The fraction of sp³-hybridized carbons (Fsp3) is 0.833. The average molecular weight is 197 g/mol. The molecule has 1 N–H and O–H groups in total. The highest BCUT2D eigenvalue weighted by atomic mass is 16.5. The highest BCUT2D eigenvalue weighted by Crippen LogP contribution is 2.25. The van der Waals surface area contributed by atoms with Crippen LogP contribution in [0.5, 0.6) is 0 Å². The standard InChI is InChI=1S/C12H23NO/c1-4-12(3,8-9-14-5-2)10-13-11-6-7-11/h4,11,13H,1,5-10H2,2-3H3. The molecule has 1 aliphatic carbocycles. The molecule has 0 heterocycles. The van der Waals surface area contributed by atoms with Crippen LogP contribution in [-0.4, -0.2) is 25.8 Å². The summed E-state index contributed by atoms with van der Waals surface area (Å²) in [6.45, 7) is 10.9. The van der Waals surface area contributed by atoms with Crippen LogP contribution >= 0.6 is 0 Å². The van der Waals surface area contributed by atoms with Crippen LogP contribution in [0.3, 0.4) is 0 Å². The summed E-state index contributed by atoms with van der Waals surface area (Å²) in [5.41, 5.74) is 0.192. The highest BCUT2D eigenvalue weighted by Gasteiger charge is 2.26. The van der Waals surface area contributed by atoms with E-state index in [0.29, 0.717) is 0 Å². The van der Waals surface area contributed by atoms with Crippen molar-refractivity contribution in [3.8, 4) is 0 Å². The van der Waals surface area contributed by atoms with E-state index in [0.717, 1.165) is 32.2 Å². The molecule has 82 valence electrons. The Morgan fingerprint density at radius 3 is 2.79 bits per heavy atom. The first-order valence-electron chi connectivity index (χ1n) is 5.65. The van der Waals surface area contributed by atoms with Gasteiger partial charge in [0.25, 0.3) is 0 Å². The molecular formula is C12H23NO. The van der Waals surface area contributed by atoms with Gasteiger partial charge in [0, 0.05) is 25.8 Å². The van der Waals surface area contributed by atoms with Gasteiger partial charge in [0.2, 0.25) is 0 Å². The van der Waals surface area contributed by atoms with Crippen molar-refractivity contribution in [1.82, 2.24) is 5.32 Å². The van der Waals surface area contributed by atoms with Crippen LogP contribution in [0.25, 0.3) is 0 Å². The zero-order valence-electron chi connectivity index (χ0n) is 9.51. The van der Waals surface area contributed by atoms with E-state index < -0.39 is 0 Å². The Hall–Kier alpha value is -0.340. The minimum Gasteiger partial charge on any atom is -0.382 e. The van der Waals surface area contributed by atoms with Crippen molar-refractivity contribution in [2.75, 3.05) is 19.8 Å². The van der Waals surface area contributed by atoms with Crippen LogP contribution in [-0.2, 0) is 4.74 Å². The molecule has 2 nitrogen and oxygen atoms in total. The van der Waals surface area contributed by atoms with Gasteiger partial charge in [0.15, 0.2) is 0 Å². The number of ether oxygens (including phenoxy) is 1. The highest BCUT2D eigenvalue weighted by molar-refractivity contribution is 4.95. The molecule has 0 amide bonds.